The summed E-state index contributed by atoms with van der Waals surface area (Å²) in [6.45, 7) is 3.09. The largest absolute Gasteiger partial charge is 0.416 e. The molecule has 100 valence electrons. The first-order valence-corrected chi connectivity index (χ1v) is 6.59. The fourth-order valence-corrected chi connectivity index (χ4v) is 2.68. The maximum atomic E-state index is 12.5. The van der Waals surface area contributed by atoms with E-state index in [0.717, 1.165) is 12.1 Å². The Morgan fingerprint density at radius 1 is 1.39 bits per heavy atom. The number of hydrogen-bond donors (Lipinski definition) is 0. The van der Waals surface area contributed by atoms with Crippen molar-refractivity contribution < 1.29 is 22.2 Å². The lowest BCUT2D eigenvalue weighted by molar-refractivity contribution is -0.137. The molecule has 0 aliphatic carbocycles. The van der Waals surface area contributed by atoms with E-state index in [2.05, 4.69) is 0 Å². The fraction of sp³-hybridized carbons (Fsp3) is 0.417. The first-order valence-electron chi connectivity index (χ1n) is 5.38. The Hall–Kier alpha value is -1.17. The molecule has 0 radical (unpaired) electrons. The Morgan fingerprint density at radius 3 is 2.50 bits per heavy atom. The van der Waals surface area contributed by atoms with Crippen molar-refractivity contribution in [2.75, 3.05) is 0 Å². The van der Waals surface area contributed by atoms with Gasteiger partial charge in [0.05, 0.1) is 21.6 Å². The number of benzene rings is 1. The second kappa shape index (κ2) is 5.65. The number of rotatable bonds is 4. The van der Waals surface area contributed by atoms with Crippen LogP contribution in [0.15, 0.2) is 29.2 Å². The molecule has 1 aromatic carbocycles. The Labute approximate surface area is 106 Å². The van der Waals surface area contributed by atoms with Gasteiger partial charge in [0, 0.05) is 11.3 Å². The highest BCUT2D eigenvalue weighted by molar-refractivity contribution is 7.86. The average Bonchev–Trinajstić information content (AvgIpc) is 2.35. The molecular formula is C12H13F3O2S. The molecule has 18 heavy (non-hydrogen) atoms. The van der Waals surface area contributed by atoms with E-state index < -0.39 is 27.8 Å². The van der Waals surface area contributed by atoms with Crippen LogP contribution in [-0.4, -0.2) is 15.2 Å². The smallest absolute Gasteiger partial charge is 0.298 e. The summed E-state index contributed by atoms with van der Waals surface area (Å²) in [5, 5.41) is -0.793. The molecule has 2 atom stereocenters. The quantitative estimate of drug-likeness (QED) is 0.847. The van der Waals surface area contributed by atoms with Crippen LogP contribution < -0.4 is 0 Å². The third-order valence-electron chi connectivity index (χ3n) is 2.52. The molecular weight excluding hydrogens is 265 g/mol. The summed E-state index contributed by atoms with van der Waals surface area (Å²) in [5.74, 6) is -0.231. The molecule has 0 saturated carbocycles. The van der Waals surface area contributed by atoms with Crippen LogP contribution in [0.3, 0.4) is 0 Å². The zero-order valence-electron chi connectivity index (χ0n) is 9.95. The van der Waals surface area contributed by atoms with Crippen molar-refractivity contribution in [3.63, 3.8) is 0 Å². The van der Waals surface area contributed by atoms with Crippen molar-refractivity contribution in [1.82, 2.24) is 0 Å². The van der Waals surface area contributed by atoms with E-state index in [1.165, 1.54) is 19.1 Å². The molecule has 0 saturated heterocycles. The molecule has 0 aliphatic rings. The average molecular weight is 278 g/mol. The van der Waals surface area contributed by atoms with Gasteiger partial charge in [0.15, 0.2) is 0 Å². The summed E-state index contributed by atoms with van der Waals surface area (Å²) in [5.41, 5.74) is -0.857. The first kappa shape index (κ1) is 14.9. The molecule has 2 unspecified atom stereocenters. The SMILES string of the molecule is CCC(=O)C(C)S(=O)c1cccc(C(F)(F)F)c1. The van der Waals surface area contributed by atoms with E-state index in [0.29, 0.717) is 0 Å². The lowest BCUT2D eigenvalue weighted by Gasteiger charge is -2.11. The lowest BCUT2D eigenvalue weighted by atomic mass is 10.2. The minimum atomic E-state index is -4.47. The molecule has 0 aliphatic heterocycles. The Kier molecular flexibility index (Phi) is 4.67. The Morgan fingerprint density at radius 2 is 2.00 bits per heavy atom. The molecule has 0 amide bonds. The van der Waals surface area contributed by atoms with Gasteiger partial charge in [-0.3, -0.25) is 9.00 Å². The van der Waals surface area contributed by atoms with Crippen LogP contribution in [0.4, 0.5) is 13.2 Å². The van der Waals surface area contributed by atoms with Gasteiger partial charge in [0.2, 0.25) is 0 Å². The van der Waals surface area contributed by atoms with Gasteiger partial charge in [-0.1, -0.05) is 13.0 Å². The van der Waals surface area contributed by atoms with Gasteiger partial charge in [-0.05, 0) is 25.1 Å². The monoisotopic (exact) mass is 278 g/mol. The number of carbonyl (C=O) groups excluding carboxylic acids is 1. The van der Waals surface area contributed by atoms with Crippen molar-refractivity contribution >= 4 is 16.6 Å². The number of hydrogen-bond acceptors (Lipinski definition) is 2. The van der Waals surface area contributed by atoms with Crippen LogP contribution >= 0.6 is 0 Å². The molecule has 0 aromatic heterocycles. The minimum Gasteiger partial charge on any atom is -0.298 e. The lowest BCUT2D eigenvalue weighted by Crippen LogP contribution is -2.22. The van der Waals surface area contributed by atoms with E-state index >= 15 is 0 Å². The van der Waals surface area contributed by atoms with Crippen LogP contribution in [0.2, 0.25) is 0 Å². The van der Waals surface area contributed by atoms with Gasteiger partial charge in [0.1, 0.15) is 5.78 Å². The third kappa shape index (κ3) is 3.41. The summed E-state index contributed by atoms with van der Waals surface area (Å²) < 4.78 is 49.4. The topological polar surface area (TPSA) is 34.1 Å². The number of Topliss-reactive ketones (excluding diaryl/α,β-unsaturated/α-hetero) is 1. The van der Waals surface area contributed by atoms with Gasteiger partial charge in [-0.2, -0.15) is 13.2 Å². The molecule has 1 rings (SSSR count). The summed E-state index contributed by atoms with van der Waals surface area (Å²) in [6, 6.07) is 4.27. The van der Waals surface area contributed by atoms with Crippen LogP contribution in [0, 0.1) is 0 Å². The highest BCUT2D eigenvalue weighted by atomic mass is 32.2. The molecule has 6 heteroatoms. The maximum Gasteiger partial charge on any atom is 0.416 e. The van der Waals surface area contributed by atoms with Gasteiger partial charge in [-0.15, -0.1) is 0 Å². The molecule has 1 aromatic rings. The van der Waals surface area contributed by atoms with Crippen LogP contribution in [0.1, 0.15) is 25.8 Å². The minimum absolute atomic E-state index is 0.0270. The molecule has 0 spiro atoms. The second-order valence-electron chi connectivity index (χ2n) is 3.79. The summed E-state index contributed by atoms with van der Waals surface area (Å²) in [6.07, 6.45) is -4.26. The Balaban J connectivity index is 3.04. The van der Waals surface area contributed by atoms with E-state index in [4.69, 9.17) is 0 Å². The first-order chi connectivity index (χ1) is 8.27. The summed E-state index contributed by atoms with van der Waals surface area (Å²) in [7, 11) is -1.75. The van der Waals surface area contributed by atoms with Gasteiger partial charge < -0.3 is 0 Å². The molecule has 2 nitrogen and oxygen atoms in total. The van der Waals surface area contributed by atoms with Crippen molar-refractivity contribution in [3.05, 3.63) is 29.8 Å². The molecule has 0 bridgehead atoms. The number of alkyl halides is 3. The van der Waals surface area contributed by atoms with Crippen LogP contribution in [0.5, 0.6) is 0 Å². The van der Waals surface area contributed by atoms with E-state index in [1.54, 1.807) is 6.92 Å². The zero-order chi connectivity index (χ0) is 13.9. The van der Waals surface area contributed by atoms with Crippen molar-refractivity contribution in [3.8, 4) is 0 Å². The zero-order valence-corrected chi connectivity index (χ0v) is 10.8. The second-order valence-corrected chi connectivity index (χ2v) is 5.56. The van der Waals surface area contributed by atoms with Crippen molar-refractivity contribution in [1.29, 1.82) is 0 Å². The van der Waals surface area contributed by atoms with Crippen molar-refractivity contribution in [2.45, 2.75) is 36.6 Å². The highest BCUT2D eigenvalue weighted by Gasteiger charge is 2.31. The molecule has 0 N–H and O–H groups in total. The highest BCUT2D eigenvalue weighted by Crippen LogP contribution is 2.30. The molecule has 0 heterocycles. The fourth-order valence-electron chi connectivity index (χ4n) is 1.41. The standard InChI is InChI=1S/C12H13F3O2S/c1-3-11(16)8(2)18(17)10-6-4-5-9(7-10)12(13,14)15/h4-8H,3H2,1-2H3. The van der Waals surface area contributed by atoms with Crippen molar-refractivity contribution in [2.24, 2.45) is 0 Å². The van der Waals surface area contributed by atoms with Gasteiger partial charge in [0.25, 0.3) is 0 Å². The van der Waals surface area contributed by atoms with Crippen LogP contribution in [-0.2, 0) is 21.8 Å². The van der Waals surface area contributed by atoms with E-state index in [1.807, 2.05) is 0 Å². The summed E-state index contributed by atoms with van der Waals surface area (Å²) in [4.78, 5) is 11.4. The predicted octanol–water partition coefficient (Wildman–Crippen LogP) is 3.18. The normalized spacial score (nSPS) is 15.2. The number of carbonyl (C=O) groups is 1. The van der Waals surface area contributed by atoms with Crippen LogP contribution in [0.25, 0.3) is 0 Å². The van der Waals surface area contributed by atoms with Gasteiger partial charge >= 0.3 is 6.18 Å². The van der Waals surface area contributed by atoms with E-state index in [-0.39, 0.29) is 17.1 Å². The van der Waals surface area contributed by atoms with Gasteiger partial charge in [-0.25, -0.2) is 0 Å². The summed E-state index contributed by atoms with van der Waals surface area (Å²) >= 11 is 0. The molecule has 0 fully saturated rings. The predicted molar refractivity (Wildman–Crippen MR) is 62.6 cm³/mol. The number of ketones is 1. The third-order valence-corrected chi connectivity index (χ3v) is 4.14. The maximum absolute atomic E-state index is 12.5. The Bertz CT molecular complexity index is 469. The number of halogens is 3. The van der Waals surface area contributed by atoms with E-state index in [9.17, 15) is 22.2 Å².